The summed E-state index contributed by atoms with van der Waals surface area (Å²) in [7, 11) is 0. The van der Waals surface area contributed by atoms with Gasteiger partial charge in [-0.3, -0.25) is 4.79 Å². The van der Waals surface area contributed by atoms with Crippen molar-refractivity contribution >= 4 is 5.91 Å². The lowest BCUT2D eigenvalue weighted by Crippen LogP contribution is -2.38. The molecule has 0 aliphatic heterocycles. The maximum atomic E-state index is 12.0. The Balaban J connectivity index is 1.99. The van der Waals surface area contributed by atoms with Crippen molar-refractivity contribution in [2.24, 2.45) is 0 Å². The molecule has 0 aliphatic carbocycles. The molecule has 2 aromatic rings. The summed E-state index contributed by atoms with van der Waals surface area (Å²) in [5.41, 5.74) is 1.46. The van der Waals surface area contributed by atoms with Crippen LogP contribution in [0.1, 0.15) is 17.2 Å². The molecule has 0 fully saturated rings. The highest BCUT2D eigenvalue weighted by Crippen LogP contribution is 2.12. The van der Waals surface area contributed by atoms with Gasteiger partial charge in [0.1, 0.15) is 6.04 Å². The fourth-order valence-corrected chi connectivity index (χ4v) is 2.02. The minimum absolute atomic E-state index is 0.407. The zero-order valence-corrected chi connectivity index (χ0v) is 11.4. The van der Waals surface area contributed by atoms with Crippen LogP contribution >= 0.6 is 0 Å². The Morgan fingerprint density at radius 2 is 1.67 bits per heavy atom. The van der Waals surface area contributed by atoms with Crippen LogP contribution in [0, 0.1) is 11.3 Å². The molecule has 2 N–H and O–H groups in total. The van der Waals surface area contributed by atoms with Gasteiger partial charge >= 0.3 is 0 Å². The van der Waals surface area contributed by atoms with E-state index in [4.69, 9.17) is 5.26 Å². The number of rotatable bonds is 5. The number of amides is 1. The molecule has 1 amide bonds. The molecule has 106 valence electrons. The number of aliphatic hydroxyl groups excluding tert-OH is 1. The highest BCUT2D eigenvalue weighted by Gasteiger charge is 2.20. The molecule has 0 unspecified atom stereocenters. The summed E-state index contributed by atoms with van der Waals surface area (Å²) in [6.45, 7) is 0. The van der Waals surface area contributed by atoms with E-state index in [1.165, 1.54) is 0 Å². The summed E-state index contributed by atoms with van der Waals surface area (Å²) in [6.07, 6.45) is -0.859. The molecule has 0 aromatic heterocycles. The quantitative estimate of drug-likeness (QED) is 0.879. The van der Waals surface area contributed by atoms with Gasteiger partial charge in [0.25, 0.3) is 5.91 Å². The lowest BCUT2D eigenvalue weighted by molar-refractivity contribution is -0.130. The highest BCUT2D eigenvalue weighted by atomic mass is 16.3. The normalized spacial score (nSPS) is 13.0. The Morgan fingerprint density at radius 1 is 1.10 bits per heavy atom. The van der Waals surface area contributed by atoms with Crippen LogP contribution in [0.3, 0.4) is 0 Å². The van der Waals surface area contributed by atoms with Gasteiger partial charge in [-0.25, -0.2) is 0 Å². The fraction of sp³-hybridized carbons (Fsp3) is 0.176. The lowest BCUT2D eigenvalue weighted by Gasteiger charge is -2.15. The van der Waals surface area contributed by atoms with Gasteiger partial charge in [-0.1, -0.05) is 60.7 Å². The van der Waals surface area contributed by atoms with Crippen molar-refractivity contribution < 1.29 is 9.90 Å². The van der Waals surface area contributed by atoms with E-state index in [1.54, 1.807) is 24.3 Å². The Bertz CT molecular complexity index is 620. The summed E-state index contributed by atoms with van der Waals surface area (Å²) in [5.74, 6) is -0.566. The maximum absolute atomic E-state index is 12.0. The van der Waals surface area contributed by atoms with Crippen molar-refractivity contribution in [3.8, 4) is 6.07 Å². The van der Waals surface area contributed by atoms with Crippen molar-refractivity contribution in [1.29, 1.82) is 5.26 Å². The van der Waals surface area contributed by atoms with Crippen LogP contribution in [0.15, 0.2) is 60.7 Å². The van der Waals surface area contributed by atoms with E-state index >= 15 is 0 Å². The molecule has 2 rings (SSSR count). The van der Waals surface area contributed by atoms with E-state index < -0.39 is 18.1 Å². The predicted octanol–water partition coefficient (Wildman–Crippen LogP) is 1.97. The van der Waals surface area contributed by atoms with Gasteiger partial charge in [-0.2, -0.15) is 5.26 Å². The second-order valence-electron chi connectivity index (χ2n) is 4.69. The lowest BCUT2D eigenvalue weighted by atomic mass is 10.1. The summed E-state index contributed by atoms with van der Waals surface area (Å²) in [4.78, 5) is 12.0. The summed E-state index contributed by atoms with van der Waals surface area (Å²) >= 11 is 0. The van der Waals surface area contributed by atoms with E-state index in [0.717, 1.165) is 5.56 Å². The van der Waals surface area contributed by atoms with Crippen LogP contribution in [0.4, 0.5) is 0 Å². The van der Waals surface area contributed by atoms with Gasteiger partial charge in [0, 0.05) is 6.42 Å². The van der Waals surface area contributed by atoms with Crippen LogP contribution in [0.5, 0.6) is 0 Å². The molecule has 0 spiro atoms. The van der Waals surface area contributed by atoms with Crippen LogP contribution in [0.2, 0.25) is 0 Å². The van der Waals surface area contributed by atoms with E-state index in [0.29, 0.717) is 12.0 Å². The zero-order chi connectivity index (χ0) is 15.1. The molecule has 0 aliphatic rings. The Morgan fingerprint density at radius 3 is 2.24 bits per heavy atom. The molecule has 4 nitrogen and oxygen atoms in total. The van der Waals surface area contributed by atoms with Gasteiger partial charge in [0.2, 0.25) is 0 Å². The third kappa shape index (κ3) is 4.16. The predicted molar refractivity (Wildman–Crippen MR) is 79.1 cm³/mol. The first-order chi connectivity index (χ1) is 10.2. The molecule has 0 heterocycles. The second-order valence-corrected chi connectivity index (χ2v) is 4.69. The smallest absolute Gasteiger partial charge is 0.254 e. The highest BCUT2D eigenvalue weighted by molar-refractivity contribution is 5.82. The van der Waals surface area contributed by atoms with Gasteiger partial charge in [0.05, 0.1) is 6.07 Å². The van der Waals surface area contributed by atoms with Crippen molar-refractivity contribution in [3.63, 3.8) is 0 Å². The minimum Gasteiger partial charge on any atom is -0.378 e. The second kappa shape index (κ2) is 7.22. The molecule has 0 radical (unpaired) electrons. The van der Waals surface area contributed by atoms with Crippen molar-refractivity contribution in [1.82, 2.24) is 5.32 Å². The number of carbonyl (C=O) groups is 1. The first-order valence-electron chi connectivity index (χ1n) is 6.67. The van der Waals surface area contributed by atoms with Gasteiger partial charge in [0.15, 0.2) is 6.10 Å². The van der Waals surface area contributed by atoms with E-state index in [1.807, 2.05) is 42.5 Å². The SMILES string of the molecule is N#C[C@@H](Cc1ccccc1)NC(=O)[C@@H](O)c1ccccc1. The molecule has 21 heavy (non-hydrogen) atoms. The number of hydrogen-bond donors (Lipinski definition) is 2. The minimum atomic E-state index is -1.27. The first kappa shape index (κ1) is 14.8. The Hall–Kier alpha value is -2.64. The molecule has 2 aromatic carbocycles. The van der Waals surface area contributed by atoms with Gasteiger partial charge < -0.3 is 10.4 Å². The van der Waals surface area contributed by atoms with Crippen LogP contribution in [-0.4, -0.2) is 17.1 Å². The average Bonchev–Trinajstić information content (AvgIpc) is 2.55. The van der Waals surface area contributed by atoms with Crippen LogP contribution in [-0.2, 0) is 11.2 Å². The van der Waals surface area contributed by atoms with Crippen molar-refractivity contribution in [2.75, 3.05) is 0 Å². The largest absolute Gasteiger partial charge is 0.378 e. The third-order valence-electron chi connectivity index (χ3n) is 3.12. The molecule has 4 heteroatoms. The van der Waals surface area contributed by atoms with Crippen molar-refractivity contribution in [3.05, 3.63) is 71.8 Å². The van der Waals surface area contributed by atoms with E-state index in [2.05, 4.69) is 5.32 Å². The number of nitriles is 1. The Kier molecular flexibility index (Phi) is 5.08. The van der Waals surface area contributed by atoms with Crippen molar-refractivity contribution in [2.45, 2.75) is 18.6 Å². The summed E-state index contributed by atoms with van der Waals surface area (Å²) in [6, 6.07) is 19.5. The number of hydrogen-bond acceptors (Lipinski definition) is 3. The number of nitrogens with one attached hydrogen (secondary N) is 1. The molecule has 2 atom stereocenters. The number of benzene rings is 2. The molecule has 0 saturated carbocycles. The first-order valence-corrected chi connectivity index (χ1v) is 6.67. The molecule has 0 bridgehead atoms. The molecular formula is C17H16N2O2. The maximum Gasteiger partial charge on any atom is 0.254 e. The third-order valence-corrected chi connectivity index (χ3v) is 3.12. The number of carbonyl (C=O) groups excluding carboxylic acids is 1. The fourth-order valence-electron chi connectivity index (χ4n) is 2.02. The van der Waals surface area contributed by atoms with Crippen LogP contribution < -0.4 is 5.32 Å². The molecular weight excluding hydrogens is 264 g/mol. The van der Waals surface area contributed by atoms with Gasteiger partial charge in [-0.05, 0) is 11.1 Å². The van der Waals surface area contributed by atoms with Gasteiger partial charge in [-0.15, -0.1) is 0 Å². The molecule has 0 saturated heterocycles. The van der Waals surface area contributed by atoms with E-state index in [9.17, 15) is 9.90 Å². The topological polar surface area (TPSA) is 73.1 Å². The monoisotopic (exact) mass is 280 g/mol. The van der Waals surface area contributed by atoms with Crippen LogP contribution in [0.25, 0.3) is 0 Å². The Labute approximate surface area is 123 Å². The standard InChI is InChI=1S/C17H16N2O2/c18-12-15(11-13-7-3-1-4-8-13)19-17(21)16(20)14-9-5-2-6-10-14/h1-10,15-16,20H,11H2,(H,19,21)/t15-,16+/m1/s1. The average molecular weight is 280 g/mol. The summed E-state index contributed by atoms with van der Waals surface area (Å²) in [5, 5.41) is 21.7. The number of aliphatic hydroxyl groups is 1. The summed E-state index contributed by atoms with van der Waals surface area (Å²) < 4.78 is 0. The zero-order valence-electron chi connectivity index (χ0n) is 11.4. The van der Waals surface area contributed by atoms with E-state index in [-0.39, 0.29) is 0 Å². The number of nitrogens with zero attached hydrogens (tertiary/aromatic N) is 1.